The minimum Gasteiger partial charge on any atom is -0.494 e. The quantitative estimate of drug-likeness (QED) is 0.601. The molecular formula is C26H23N3O4. The number of hydrogen-bond donors (Lipinski definition) is 1. The van der Waals surface area contributed by atoms with Gasteiger partial charge in [-0.25, -0.2) is 9.69 Å². The third kappa shape index (κ3) is 3.82. The normalized spacial score (nSPS) is 16.9. The lowest BCUT2D eigenvalue weighted by Gasteiger charge is -2.28. The highest BCUT2D eigenvalue weighted by atomic mass is 16.5. The zero-order chi connectivity index (χ0) is 22.9. The number of rotatable bonds is 5. The molecule has 1 atom stereocenters. The molecule has 2 aliphatic heterocycles. The first-order valence-corrected chi connectivity index (χ1v) is 10.9. The summed E-state index contributed by atoms with van der Waals surface area (Å²) in [7, 11) is 0. The fourth-order valence-corrected chi connectivity index (χ4v) is 4.32. The molecule has 2 aliphatic rings. The summed E-state index contributed by atoms with van der Waals surface area (Å²) in [5.41, 5.74) is 3.70. The van der Waals surface area contributed by atoms with E-state index in [1.165, 1.54) is 4.90 Å². The van der Waals surface area contributed by atoms with Gasteiger partial charge in [0.1, 0.15) is 11.8 Å². The number of hydrogen-bond acceptors (Lipinski definition) is 4. The molecule has 5 rings (SSSR count). The molecular weight excluding hydrogens is 418 g/mol. The van der Waals surface area contributed by atoms with Crippen molar-refractivity contribution >= 4 is 29.2 Å². The molecule has 0 aromatic heterocycles. The highest BCUT2D eigenvalue weighted by Gasteiger charge is 2.47. The molecule has 166 valence electrons. The molecule has 0 spiro atoms. The van der Waals surface area contributed by atoms with Crippen molar-refractivity contribution in [1.82, 2.24) is 4.90 Å². The highest BCUT2D eigenvalue weighted by Crippen LogP contribution is 2.33. The molecule has 1 unspecified atom stereocenters. The van der Waals surface area contributed by atoms with Crippen molar-refractivity contribution in [3.63, 3.8) is 0 Å². The maximum absolute atomic E-state index is 13.1. The Morgan fingerprint density at radius 3 is 2.36 bits per heavy atom. The fraction of sp³-hybridized carbons (Fsp3) is 0.192. The lowest BCUT2D eigenvalue weighted by Crippen LogP contribution is -2.39. The van der Waals surface area contributed by atoms with Gasteiger partial charge in [0, 0.05) is 24.2 Å². The molecule has 0 saturated carbocycles. The molecule has 7 nitrogen and oxygen atoms in total. The number of carbonyl (C=O) groups is 3. The number of ether oxygens (including phenoxy) is 1. The van der Waals surface area contributed by atoms with E-state index in [1.807, 2.05) is 31.2 Å². The Morgan fingerprint density at radius 1 is 0.970 bits per heavy atom. The summed E-state index contributed by atoms with van der Waals surface area (Å²) in [4.78, 5) is 41.6. The van der Waals surface area contributed by atoms with Crippen molar-refractivity contribution in [2.45, 2.75) is 25.9 Å². The lowest BCUT2D eigenvalue weighted by atomic mass is 9.95. The molecule has 1 N–H and O–H groups in total. The van der Waals surface area contributed by atoms with Crippen LogP contribution in [0.5, 0.6) is 5.75 Å². The molecule has 7 heteroatoms. The Balaban J connectivity index is 1.30. The Labute approximate surface area is 191 Å². The van der Waals surface area contributed by atoms with Crippen LogP contribution < -0.4 is 15.0 Å². The predicted octanol–water partition coefficient (Wildman–Crippen LogP) is 4.23. The Hall–Kier alpha value is -4.13. The summed E-state index contributed by atoms with van der Waals surface area (Å²) in [6.45, 7) is 2.91. The Kier molecular flexibility index (Phi) is 5.30. The summed E-state index contributed by atoms with van der Waals surface area (Å²) in [6.07, 6.45) is 0.514. The first kappa shape index (κ1) is 20.8. The second-order valence-corrected chi connectivity index (χ2v) is 8.03. The zero-order valence-electron chi connectivity index (χ0n) is 18.2. The van der Waals surface area contributed by atoms with Gasteiger partial charge in [-0.2, -0.15) is 0 Å². The van der Waals surface area contributed by atoms with Gasteiger partial charge in [-0.3, -0.25) is 9.59 Å². The molecule has 2 heterocycles. The van der Waals surface area contributed by atoms with Crippen molar-refractivity contribution in [2.24, 2.45) is 0 Å². The molecule has 3 aromatic carbocycles. The number of carbonyl (C=O) groups excluding carboxylic acids is 3. The van der Waals surface area contributed by atoms with Gasteiger partial charge in [0.15, 0.2) is 0 Å². The van der Waals surface area contributed by atoms with Crippen LogP contribution in [0.25, 0.3) is 0 Å². The van der Waals surface area contributed by atoms with Gasteiger partial charge < -0.3 is 15.0 Å². The van der Waals surface area contributed by atoms with Gasteiger partial charge in [-0.15, -0.1) is 0 Å². The van der Waals surface area contributed by atoms with Gasteiger partial charge in [0.25, 0.3) is 11.8 Å². The summed E-state index contributed by atoms with van der Waals surface area (Å²) < 4.78 is 5.41. The number of anilines is 2. The lowest BCUT2D eigenvalue weighted by molar-refractivity contribution is -0.120. The van der Waals surface area contributed by atoms with E-state index in [1.54, 1.807) is 53.4 Å². The number of fused-ring (bicyclic) bond motifs is 2. The van der Waals surface area contributed by atoms with E-state index >= 15 is 0 Å². The molecule has 33 heavy (non-hydrogen) atoms. The maximum Gasteiger partial charge on any atom is 0.332 e. The topological polar surface area (TPSA) is 79.0 Å². The SMILES string of the molecule is CCOc1ccc(NC(=O)c2ccc(N3C(=O)C4Cc5ccccc5CN4C3=O)cc2)cc1. The van der Waals surface area contributed by atoms with Crippen LogP contribution in [0.15, 0.2) is 72.8 Å². The number of imide groups is 1. The van der Waals surface area contributed by atoms with E-state index in [0.717, 1.165) is 16.9 Å². The maximum atomic E-state index is 13.1. The number of amides is 4. The van der Waals surface area contributed by atoms with Crippen LogP contribution >= 0.6 is 0 Å². The van der Waals surface area contributed by atoms with E-state index in [0.29, 0.717) is 36.5 Å². The zero-order valence-corrected chi connectivity index (χ0v) is 18.2. The van der Waals surface area contributed by atoms with E-state index < -0.39 is 6.04 Å². The van der Waals surface area contributed by atoms with Crippen LogP contribution in [-0.2, 0) is 17.8 Å². The van der Waals surface area contributed by atoms with Crippen molar-refractivity contribution in [3.8, 4) is 5.75 Å². The van der Waals surface area contributed by atoms with Crippen LogP contribution in [0, 0.1) is 0 Å². The van der Waals surface area contributed by atoms with E-state index in [2.05, 4.69) is 5.32 Å². The number of urea groups is 1. The van der Waals surface area contributed by atoms with Gasteiger partial charge in [-0.05, 0) is 66.6 Å². The monoisotopic (exact) mass is 441 g/mol. The van der Waals surface area contributed by atoms with Crippen molar-refractivity contribution in [1.29, 1.82) is 0 Å². The third-order valence-electron chi connectivity index (χ3n) is 6.00. The predicted molar refractivity (Wildman–Crippen MR) is 124 cm³/mol. The van der Waals surface area contributed by atoms with Gasteiger partial charge in [0.05, 0.1) is 12.3 Å². The smallest absolute Gasteiger partial charge is 0.332 e. The Bertz CT molecular complexity index is 1180. The average molecular weight is 441 g/mol. The third-order valence-corrected chi connectivity index (χ3v) is 6.00. The minimum atomic E-state index is -0.491. The van der Waals surface area contributed by atoms with Crippen LogP contribution in [0.1, 0.15) is 28.4 Å². The van der Waals surface area contributed by atoms with Crippen LogP contribution in [0.4, 0.5) is 16.2 Å². The molecule has 3 aromatic rings. The minimum absolute atomic E-state index is 0.235. The van der Waals surface area contributed by atoms with E-state index in [9.17, 15) is 14.4 Å². The standard InChI is InChI=1S/C26H23N3O4/c1-2-33-22-13-9-20(10-14-22)27-24(30)17-7-11-21(12-8-17)29-25(31)23-15-18-5-3-4-6-19(18)16-28(23)26(29)32/h3-14,23H,2,15-16H2,1H3,(H,27,30). The summed E-state index contributed by atoms with van der Waals surface area (Å²) in [6, 6.07) is 20.7. The van der Waals surface area contributed by atoms with Crippen LogP contribution in [0.2, 0.25) is 0 Å². The first-order chi connectivity index (χ1) is 16.0. The van der Waals surface area contributed by atoms with E-state index in [4.69, 9.17) is 4.74 Å². The summed E-state index contributed by atoms with van der Waals surface area (Å²) in [5, 5.41) is 2.83. The molecule has 0 bridgehead atoms. The van der Waals surface area contributed by atoms with E-state index in [-0.39, 0.29) is 17.8 Å². The van der Waals surface area contributed by atoms with Crippen LogP contribution in [-0.4, -0.2) is 35.4 Å². The van der Waals surface area contributed by atoms with Crippen molar-refractivity contribution in [3.05, 3.63) is 89.5 Å². The first-order valence-electron chi connectivity index (χ1n) is 10.9. The number of nitrogens with one attached hydrogen (secondary N) is 1. The number of nitrogens with zero attached hydrogens (tertiary/aromatic N) is 2. The van der Waals surface area contributed by atoms with Gasteiger partial charge in [-0.1, -0.05) is 24.3 Å². The van der Waals surface area contributed by atoms with Crippen LogP contribution in [0.3, 0.4) is 0 Å². The second kappa shape index (κ2) is 8.43. The van der Waals surface area contributed by atoms with Gasteiger partial charge in [0.2, 0.25) is 0 Å². The van der Waals surface area contributed by atoms with Crippen molar-refractivity contribution < 1.29 is 19.1 Å². The summed E-state index contributed by atoms with van der Waals surface area (Å²) >= 11 is 0. The molecule has 1 saturated heterocycles. The average Bonchev–Trinajstić information content (AvgIpc) is 3.08. The summed E-state index contributed by atoms with van der Waals surface area (Å²) in [5.74, 6) is 0.220. The second-order valence-electron chi connectivity index (χ2n) is 8.03. The molecule has 1 fully saturated rings. The fourth-order valence-electron chi connectivity index (χ4n) is 4.32. The van der Waals surface area contributed by atoms with Gasteiger partial charge >= 0.3 is 6.03 Å². The Morgan fingerprint density at radius 2 is 1.67 bits per heavy atom. The largest absolute Gasteiger partial charge is 0.494 e. The number of benzene rings is 3. The highest BCUT2D eigenvalue weighted by molar-refractivity contribution is 6.21. The molecule has 4 amide bonds. The van der Waals surface area contributed by atoms with Crippen molar-refractivity contribution in [2.75, 3.05) is 16.8 Å². The molecule has 0 aliphatic carbocycles. The molecule has 0 radical (unpaired) electrons.